The molecule has 0 bridgehead atoms. The van der Waals surface area contributed by atoms with Gasteiger partial charge in [-0.05, 0) is 37.0 Å². The van der Waals surface area contributed by atoms with E-state index in [0.29, 0.717) is 12.1 Å². The SMILES string of the molecule is CC[C@@H](N)c1ccc(N2CCOC3CCCCC32)cc1. The van der Waals surface area contributed by atoms with Crippen molar-refractivity contribution in [3.63, 3.8) is 0 Å². The molecule has 1 heterocycles. The van der Waals surface area contributed by atoms with Crippen LogP contribution in [0, 0.1) is 0 Å². The molecule has 3 nitrogen and oxygen atoms in total. The van der Waals surface area contributed by atoms with Gasteiger partial charge in [0.15, 0.2) is 0 Å². The molecule has 2 N–H and O–H groups in total. The third-order valence-electron chi connectivity index (χ3n) is 4.82. The summed E-state index contributed by atoms with van der Waals surface area (Å²) in [6.45, 7) is 4.00. The van der Waals surface area contributed by atoms with E-state index in [4.69, 9.17) is 10.5 Å². The molecule has 1 saturated carbocycles. The van der Waals surface area contributed by atoms with Crippen LogP contribution < -0.4 is 10.6 Å². The molecule has 1 aromatic rings. The van der Waals surface area contributed by atoms with E-state index in [0.717, 1.165) is 19.6 Å². The number of morpholine rings is 1. The van der Waals surface area contributed by atoms with Crippen LogP contribution in [0.3, 0.4) is 0 Å². The number of hydrogen-bond donors (Lipinski definition) is 1. The van der Waals surface area contributed by atoms with Gasteiger partial charge in [0.25, 0.3) is 0 Å². The Morgan fingerprint density at radius 1 is 1.25 bits per heavy atom. The van der Waals surface area contributed by atoms with Crippen LogP contribution in [-0.4, -0.2) is 25.3 Å². The Morgan fingerprint density at radius 2 is 2.00 bits per heavy atom. The lowest BCUT2D eigenvalue weighted by Crippen LogP contribution is -2.52. The van der Waals surface area contributed by atoms with Crippen LogP contribution in [0.4, 0.5) is 5.69 Å². The fraction of sp³-hybridized carbons (Fsp3) is 0.647. The summed E-state index contributed by atoms with van der Waals surface area (Å²) in [6, 6.07) is 9.59. The first-order valence-electron chi connectivity index (χ1n) is 8.03. The van der Waals surface area contributed by atoms with Crippen LogP contribution in [0.15, 0.2) is 24.3 Å². The number of benzene rings is 1. The van der Waals surface area contributed by atoms with E-state index >= 15 is 0 Å². The van der Waals surface area contributed by atoms with Crippen molar-refractivity contribution in [2.45, 2.75) is 57.2 Å². The van der Waals surface area contributed by atoms with Crippen molar-refractivity contribution in [2.75, 3.05) is 18.1 Å². The number of nitrogens with zero attached hydrogens (tertiary/aromatic N) is 1. The average Bonchev–Trinajstić information content (AvgIpc) is 2.54. The third kappa shape index (κ3) is 2.70. The standard InChI is InChI=1S/C17H26N2O/c1-2-15(18)13-7-9-14(10-8-13)19-11-12-20-17-6-4-3-5-16(17)19/h7-10,15-17H,2-6,11-12,18H2,1H3/t15-,16?,17?/m1/s1. The number of anilines is 1. The van der Waals surface area contributed by atoms with Crippen molar-refractivity contribution < 1.29 is 4.74 Å². The Kier molecular flexibility index (Phi) is 4.27. The van der Waals surface area contributed by atoms with Crippen molar-refractivity contribution in [3.05, 3.63) is 29.8 Å². The van der Waals surface area contributed by atoms with Gasteiger partial charge in [0.2, 0.25) is 0 Å². The van der Waals surface area contributed by atoms with Gasteiger partial charge in [-0.3, -0.25) is 0 Å². The second kappa shape index (κ2) is 6.15. The maximum atomic E-state index is 6.10. The molecule has 1 saturated heterocycles. The van der Waals surface area contributed by atoms with Gasteiger partial charge in [0.1, 0.15) is 0 Å². The molecule has 2 unspecified atom stereocenters. The lowest BCUT2D eigenvalue weighted by molar-refractivity contribution is -0.00867. The molecule has 2 fully saturated rings. The number of ether oxygens (including phenoxy) is 1. The molecule has 1 aliphatic heterocycles. The minimum Gasteiger partial charge on any atom is -0.374 e. The number of nitrogens with two attached hydrogens (primary N) is 1. The summed E-state index contributed by atoms with van der Waals surface area (Å²) >= 11 is 0. The molecule has 1 aliphatic carbocycles. The monoisotopic (exact) mass is 274 g/mol. The summed E-state index contributed by atoms with van der Waals surface area (Å²) < 4.78 is 5.95. The highest BCUT2D eigenvalue weighted by Crippen LogP contribution is 2.32. The molecule has 3 atom stereocenters. The first-order valence-corrected chi connectivity index (χ1v) is 8.03. The topological polar surface area (TPSA) is 38.5 Å². The zero-order valence-electron chi connectivity index (χ0n) is 12.4. The van der Waals surface area contributed by atoms with Crippen LogP contribution >= 0.6 is 0 Å². The smallest absolute Gasteiger partial charge is 0.0779 e. The lowest BCUT2D eigenvalue weighted by Gasteiger charge is -2.45. The highest BCUT2D eigenvalue weighted by atomic mass is 16.5. The fourth-order valence-corrected chi connectivity index (χ4v) is 3.57. The predicted molar refractivity (Wildman–Crippen MR) is 83.0 cm³/mol. The minimum atomic E-state index is 0.163. The summed E-state index contributed by atoms with van der Waals surface area (Å²) in [4.78, 5) is 2.55. The molecule has 3 rings (SSSR count). The Hall–Kier alpha value is -1.06. The van der Waals surface area contributed by atoms with Crippen molar-refractivity contribution >= 4 is 5.69 Å². The largest absolute Gasteiger partial charge is 0.374 e. The molecule has 0 aromatic heterocycles. The predicted octanol–water partition coefficient (Wildman–Crippen LogP) is 3.24. The van der Waals surface area contributed by atoms with Gasteiger partial charge < -0.3 is 15.4 Å². The van der Waals surface area contributed by atoms with Crippen LogP contribution in [0.5, 0.6) is 0 Å². The quantitative estimate of drug-likeness (QED) is 0.919. The maximum Gasteiger partial charge on any atom is 0.0779 e. The molecule has 110 valence electrons. The Labute approximate surface area is 122 Å². The molecule has 0 amide bonds. The molecule has 0 spiro atoms. The van der Waals surface area contributed by atoms with Gasteiger partial charge in [-0.25, -0.2) is 0 Å². The van der Waals surface area contributed by atoms with Crippen molar-refractivity contribution in [1.82, 2.24) is 0 Å². The molecule has 2 aliphatic rings. The van der Waals surface area contributed by atoms with E-state index in [-0.39, 0.29) is 6.04 Å². The van der Waals surface area contributed by atoms with E-state index in [9.17, 15) is 0 Å². The van der Waals surface area contributed by atoms with Gasteiger partial charge in [-0.15, -0.1) is 0 Å². The summed E-state index contributed by atoms with van der Waals surface area (Å²) in [5.74, 6) is 0. The van der Waals surface area contributed by atoms with E-state index in [1.165, 1.54) is 36.9 Å². The first kappa shape index (κ1) is 13.9. The number of rotatable bonds is 3. The third-order valence-corrected chi connectivity index (χ3v) is 4.82. The molecule has 1 aromatic carbocycles. The second-order valence-electron chi connectivity index (χ2n) is 6.06. The van der Waals surface area contributed by atoms with Crippen molar-refractivity contribution in [3.8, 4) is 0 Å². The maximum absolute atomic E-state index is 6.10. The Bertz CT molecular complexity index is 429. The van der Waals surface area contributed by atoms with Crippen LogP contribution in [0.25, 0.3) is 0 Å². The first-order chi connectivity index (χ1) is 9.79. The van der Waals surface area contributed by atoms with Crippen LogP contribution in [0.2, 0.25) is 0 Å². The van der Waals surface area contributed by atoms with E-state index in [2.05, 4.69) is 36.1 Å². The van der Waals surface area contributed by atoms with Crippen LogP contribution in [-0.2, 0) is 4.74 Å². The summed E-state index contributed by atoms with van der Waals surface area (Å²) in [7, 11) is 0. The Balaban J connectivity index is 1.77. The van der Waals surface area contributed by atoms with Gasteiger partial charge in [-0.1, -0.05) is 31.9 Å². The zero-order chi connectivity index (χ0) is 13.9. The minimum absolute atomic E-state index is 0.163. The molecular weight excluding hydrogens is 248 g/mol. The second-order valence-corrected chi connectivity index (χ2v) is 6.06. The van der Waals surface area contributed by atoms with Gasteiger partial charge in [0.05, 0.1) is 18.8 Å². The van der Waals surface area contributed by atoms with Gasteiger partial charge >= 0.3 is 0 Å². The van der Waals surface area contributed by atoms with Crippen LogP contribution in [0.1, 0.15) is 50.6 Å². The normalized spacial score (nSPS) is 28.0. The van der Waals surface area contributed by atoms with E-state index < -0.39 is 0 Å². The summed E-state index contributed by atoms with van der Waals surface area (Å²) in [5, 5.41) is 0. The molecular formula is C17H26N2O. The fourth-order valence-electron chi connectivity index (χ4n) is 3.57. The van der Waals surface area contributed by atoms with E-state index in [1.807, 2.05) is 0 Å². The van der Waals surface area contributed by atoms with Crippen molar-refractivity contribution in [2.24, 2.45) is 5.73 Å². The zero-order valence-corrected chi connectivity index (χ0v) is 12.4. The molecule has 3 heteroatoms. The molecule has 20 heavy (non-hydrogen) atoms. The van der Waals surface area contributed by atoms with Gasteiger partial charge in [-0.2, -0.15) is 0 Å². The summed E-state index contributed by atoms with van der Waals surface area (Å²) in [5.41, 5.74) is 8.67. The van der Waals surface area contributed by atoms with Gasteiger partial charge in [0, 0.05) is 18.3 Å². The highest BCUT2D eigenvalue weighted by molar-refractivity contribution is 5.49. The average molecular weight is 274 g/mol. The highest BCUT2D eigenvalue weighted by Gasteiger charge is 2.34. The summed E-state index contributed by atoms with van der Waals surface area (Å²) in [6.07, 6.45) is 6.57. The lowest BCUT2D eigenvalue weighted by atomic mass is 9.89. The van der Waals surface area contributed by atoms with Crippen molar-refractivity contribution in [1.29, 1.82) is 0 Å². The number of fused-ring (bicyclic) bond motifs is 1. The molecule has 0 radical (unpaired) electrons. The van der Waals surface area contributed by atoms with E-state index in [1.54, 1.807) is 0 Å². The number of hydrogen-bond acceptors (Lipinski definition) is 3. The Morgan fingerprint density at radius 3 is 2.75 bits per heavy atom.